The Balaban J connectivity index is 1.34. The second-order valence-corrected chi connectivity index (χ2v) is 9.36. The van der Waals surface area contributed by atoms with Crippen LogP contribution >= 0.6 is 0 Å². The molecule has 36 heavy (non-hydrogen) atoms. The first-order chi connectivity index (χ1) is 17.1. The Hall–Kier alpha value is -4.07. The molecule has 1 fully saturated rings. The van der Waals surface area contributed by atoms with Gasteiger partial charge < -0.3 is 16.0 Å². The first-order valence-corrected chi connectivity index (χ1v) is 11.6. The van der Waals surface area contributed by atoms with Crippen molar-refractivity contribution in [3.05, 3.63) is 65.0 Å². The number of benzene rings is 1. The molecular formula is C25H24F3N7O. The maximum absolute atomic E-state index is 13.3. The van der Waals surface area contributed by atoms with E-state index in [-0.39, 0.29) is 23.1 Å². The first kappa shape index (κ1) is 23.7. The van der Waals surface area contributed by atoms with Crippen LogP contribution in [-0.2, 0) is 18.1 Å². The normalized spacial score (nSPS) is 19.8. The number of nitrogen functional groups attached to an aromatic ring is 1. The van der Waals surface area contributed by atoms with Crippen LogP contribution in [0.2, 0.25) is 0 Å². The molecule has 2 aliphatic heterocycles. The van der Waals surface area contributed by atoms with Crippen LogP contribution in [0.3, 0.4) is 0 Å². The SMILES string of the molecule is CC(NC(=O)N1CCC2(CCn3nc(-c4cnc(N)c(C(F)(F)F)c4)cc32)C1)c1ccccc1C#N. The Morgan fingerprint density at radius 2 is 2.00 bits per heavy atom. The summed E-state index contributed by atoms with van der Waals surface area (Å²) in [5, 5.41) is 16.9. The van der Waals surface area contributed by atoms with Crippen molar-refractivity contribution >= 4 is 11.8 Å². The number of urea groups is 1. The van der Waals surface area contributed by atoms with Crippen LogP contribution in [0, 0.1) is 11.3 Å². The van der Waals surface area contributed by atoms with Gasteiger partial charge in [-0.2, -0.15) is 23.5 Å². The number of aryl methyl sites for hydroxylation is 1. The summed E-state index contributed by atoms with van der Waals surface area (Å²) >= 11 is 0. The lowest BCUT2D eigenvalue weighted by Gasteiger charge is -2.25. The molecule has 3 aromatic rings. The van der Waals surface area contributed by atoms with Crippen LogP contribution in [0.1, 0.15) is 48.2 Å². The van der Waals surface area contributed by atoms with Crippen LogP contribution in [0.5, 0.6) is 0 Å². The second-order valence-electron chi connectivity index (χ2n) is 9.36. The van der Waals surface area contributed by atoms with Gasteiger partial charge in [0.1, 0.15) is 5.82 Å². The average Bonchev–Trinajstić information content (AvgIpc) is 3.55. The van der Waals surface area contributed by atoms with E-state index in [0.29, 0.717) is 30.9 Å². The number of nitrogens with zero attached hydrogens (tertiary/aromatic N) is 5. The highest BCUT2D eigenvalue weighted by atomic mass is 19.4. The number of alkyl halides is 3. The fourth-order valence-electron chi connectivity index (χ4n) is 5.24. The number of nitrogens with one attached hydrogen (secondary N) is 1. The third kappa shape index (κ3) is 4.02. The van der Waals surface area contributed by atoms with Gasteiger partial charge in [0.15, 0.2) is 0 Å². The first-order valence-electron chi connectivity index (χ1n) is 11.6. The maximum Gasteiger partial charge on any atom is 0.419 e. The molecule has 2 amide bonds. The molecule has 4 heterocycles. The van der Waals surface area contributed by atoms with Crippen molar-refractivity contribution in [2.45, 2.75) is 43.9 Å². The van der Waals surface area contributed by atoms with Crippen molar-refractivity contribution in [1.82, 2.24) is 25.0 Å². The van der Waals surface area contributed by atoms with Crippen LogP contribution in [0.15, 0.2) is 42.6 Å². The highest BCUT2D eigenvalue weighted by Crippen LogP contribution is 2.44. The lowest BCUT2D eigenvalue weighted by molar-refractivity contribution is -0.137. The monoisotopic (exact) mass is 495 g/mol. The van der Waals surface area contributed by atoms with Gasteiger partial charge in [-0.1, -0.05) is 18.2 Å². The molecule has 5 rings (SSSR count). The number of amides is 2. The van der Waals surface area contributed by atoms with Gasteiger partial charge in [-0.3, -0.25) is 4.68 Å². The summed E-state index contributed by atoms with van der Waals surface area (Å²) in [7, 11) is 0. The third-order valence-electron chi connectivity index (χ3n) is 7.17. The lowest BCUT2D eigenvalue weighted by atomic mass is 9.82. The highest BCUT2D eigenvalue weighted by Gasteiger charge is 2.47. The number of aromatic nitrogens is 3. The zero-order valence-corrected chi connectivity index (χ0v) is 19.5. The van der Waals surface area contributed by atoms with Gasteiger partial charge in [0.25, 0.3) is 0 Å². The summed E-state index contributed by atoms with van der Waals surface area (Å²) in [6.07, 6.45) is -1.80. The number of hydrogen-bond acceptors (Lipinski definition) is 5. The second kappa shape index (κ2) is 8.55. The summed E-state index contributed by atoms with van der Waals surface area (Å²) in [6.45, 7) is 3.48. The molecule has 2 atom stereocenters. The minimum absolute atomic E-state index is 0.220. The van der Waals surface area contributed by atoms with Gasteiger partial charge in [-0.25, -0.2) is 9.78 Å². The zero-order valence-electron chi connectivity index (χ0n) is 19.5. The van der Waals surface area contributed by atoms with E-state index in [0.717, 1.165) is 30.2 Å². The Morgan fingerprint density at radius 1 is 1.25 bits per heavy atom. The standard InChI is InChI=1S/C25H24F3N7O/c1-15(18-5-3-2-4-16(18)12-29)32-23(36)34-8-6-24(14-34)7-9-35-21(24)11-20(33-35)17-10-19(25(26,27)28)22(30)31-13-17/h2-5,10-11,13,15H,6-9,14H2,1H3,(H2,30,31)(H,32,36). The van der Waals surface area contributed by atoms with E-state index in [1.807, 2.05) is 23.7 Å². The van der Waals surface area contributed by atoms with E-state index in [9.17, 15) is 23.2 Å². The number of rotatable bonds is 3. The molecule has 11 heteroatoms. The minimum atomic E-state index is -4.61. The third-order valence-corrected chi connectivity index (χ3v) is 7.17. The number of nitrogens with two attached hydrogens (primary N) is 1. The van der Waals surface area contributed by atoms with Crippen LogP contribution in [-0.4, -0.2) is 38.8 Å². The van der Waals surface area contributed by atoms with Gasteiger partial charge in [0.05, 0.1) is 28.9 Å². The minimum Gasteiger partial charge on any atom is -0.383 e. The van der Waals surface area contributed by atoms with Crippen molar-refractivity contribution in [1.29, 1.82) is 5.26 Å². The van der Waals surface area contributed by atoms with E-state index < -0.39 is 17.6 Å². The number of pyridine rings is 1. The fourth-order valence-corrected chi connectivity index (χ4v) is 5.24. The number of carbonyl (C=O) groups excluding carboxylic acids is 1. The molecule has 0 bridgehead atoms. The summed E-state index contributed by atoms with van der Waals surface area (Å²) in [5.74, 6) is -0.571. The fraction of sp³-hybridized carbons (Fsp3) is 0.360. The van der Waals surface area contributed by atoms with Gasteiger partial charge in [-0.15, -0.1) is 0 Å². The quantitative estimate of drug-likeness (QED) is 0.565. The number of carbonyl (C=O) groups is 1. The molecule has 0 saturated carbocycles. The molecule has 3 N–H and O–H groups in total. The maximum atomic E-state index is 13.3. The summed E-state index contributed by atoms with van der Waals surface area (Å²) in [5.41, 5.74) is 6.94. The van der Waals surface area contributed by atoms with E-state index in [4.69, 9.17) is 5.73 Å². The molecule has 0 aliphatic carbocycles. The van der Waals surface area contributed by atoms with E-state index in [1.165, 1.54) is 6.20 Å². The molecule has 0 radical (unpaired) electrons. The predicted octanol–water partition coefficient (Wildman–Crippen LogP) is 4.24. The zero-order chi connectivity index (χ0) is 25.7. The number of fused-ring (bicyclic) bond motifs is 2. The molecule has 2 aromatic heterocycles. The van der Waals surface area contributed by atoms with Crippen LogP contribution < -0.4 is 11.1 Å². The molecule has 186 valence electrons. The Labute approximate surface area is 205 Å². The Morgan fingerprint density at radius 3 is 2.75 bits per heavy atom. The van der Waals surface area contributed by atoms with Gasteiger partial charge in [0.2, 0.25) is 0 Å². The molecule has 2 aliphatic rings. The number of likely N-dealkylation sites (tertiary alicyclic amines) is 1. The predicted molar refractivity (Wildman–Crippen MR) is 125 cm³/mol. The number of nitriles is 1. The molecule has 8 nitrogen and oxygen atoms in total. The van der Waals surface area contributed by atoms with Gasteiger partial charge in [0, 0.05) is 42.5 Å². The largest absolute Gasteiger partial charge is 0.419 e. The van der Waals surface area contributed by atoms with Crippen LogP contribution in [0.4, 0.5) is 23.8 Å². The topological polar surface area (TPSA) is 113 Å². The lowest BCUT2D eigenvalue weighted by Crippen LogP contribution is -2.41. The van der Waals surface area contributed by atoms with Crippen LogP contribution in [0.25, 0.3) is 11.3 Å². The van der Waals surface area contributed by atoms with E-state index in [1.54, 1.807) is 23.1 Å². The molecule has 1 spiro atoms. The molecule has 2 unspecified atom stereocenters. The number of halogens is 3. The van der Waals surface area contributed by atoms with E-state index >= 15 is 0 Å². The van der Waals surface area contributed by atoms with Crippen molar-refractivity contribution in [2.75, 3.05) is 18.8 Å². The van der Waals surface area contributed by atoms with Gasteiger partial charge in [-0.05, 0) is 43.5 Å². The Kier molecular flexibility index (Phi) is 5.62. The average molecular weight is 496 g/mol. The van der Waals surface area contributed by atoms with Gasteiger partial charge >= 0.3 is 12.2 Å². The molecule has 1 saturated heterocycles. The number of anilines is 1. The van der Waals surface area contributed by atoms with Crippen molar-refractivity contribution in [3.8, 4) is 17.3 Å². The van der Waals surface area contributed by atoms with Crippen molar-refractivity contribution < 1.29 is 18.0 Å². The van der Waals surface area contributed by atoms with Crippen molar-refractivity contribution in [3.63, 3.8) is 0 Å². The summed E-state index contributed by atoms with van der Waals surface area (Å²) in [6, 6.07) is 11.5. The summed E-state index contributed by atoms with van der Waals surface area (Å²) < 4.78 is 41.7. The molecular weight excluding hydrogens is 471 g/mol. The molecule has 1 aromatic carbocycles. The Bertz CT molecular complexity index is 1380. The number of hydrogen-bond donors (Lipinski definition) is 2. The highest BCUT2D eigenvalue weighted by molar-refractivity contribution is 5.75. The summed E-state index contributed by atoms with van der Waals surface area (Å²) in [4.78, 5) is 18.5. The smallest absolute Gasteiger partial charge is 0.383 e. The van der Waals surface area contributed by atoms with Crippen molar-refractivity contribution in [2.24, 2.45) is 0 Å². The van der Waals surface area contributed by atoms with E-state index in [2.05, 4.69) is 21.5 Å².